The van der Waals surface area contributed by atoms with Crippen molar-refractivity contribution in [2.75, 3.05) is 32.4 Å². The van der Waals surface area contributed by atoms with Gasteiger partial charge in [0.15, 0.2) is 0 Å². The van der Waals surface area contributed by atoms with Crippen LogP contribution in [0.4, 0.5) is 0 Å². The molecule has 0 aromatic rings. The van der Waals surface area contributed by atoms with E-state index in [2.05, 4.69) is 29.3 Å². The van der Waals surface area contributed by atoms with Crippen LogP contribution in [-0.2, 0) is 0 Å². The molecule has 1 rings (SSSR count). The maximum Gasteiger partial charge on any atom is 0.0256 e. The Morgan fingerprint density at radius 2 is 2.23 bits per heavy atom. The van der Waals surface area contributed by atoms with Gasteiger partial charge in [-0.2, -0.15) is 11.8 Å². The molecule has 1 unspecified atom stereocenters. The van der Waals surface area contributed by atoms with Crippen molar-refractivity contribution < 1.29 is 0 Å². The van der Waals surface area contributed by atoms with E-state index in [9.17, 15) is 0 Å². The van der Waals surface area contributed by atoms with Crippen molar-refractivity contribution in [3.63, 3.8) is 0 Å². The standard InChI is InChI=1S/C10H22N2S/c1-10(5-3-8-13-10)9-12-7-4-6-11-2/h11-12H,3-9H2,1-2H3. The predicted molar refractivity (Wildman–Crippen MR) is 61.5 cm³/mol. The molecule has 1 fully saturated rings. The Kier molecular flexibility index (Phi) is 5.14. The third-order valence-corrected chi connectivity index (χ3v) is 4.12. The zero-order chi connectivity index (χ0) is 9.57. The number of hydrogen-bond acceptors (Lipinski definition) is 3. The number of nitrogens with one attached hydrogen (secondary N) is 2. The van der Waals surface area contributed by atoms with E-state index in [0.717, 1.165) is 13.1 Å². The zero-order valence-corrected chi connectivity index (χ0v) is 9.67. The summed E-state index contributed by atoms with van der Waals surface area (Å²) in [4.78, 5) is 0. The minimum Gasteiger partial charge on any atom is -0.320 e. The molecule has 3 heteroatoms. The first kappa shape index (κ1) is 11.3. The highest BCUT2D eigenvalue weighted by Gasteiger charge is 2.28. The quantitative estimate of drug-likeness (QED) is 0.638. The molecular formula is C10H22N2S. The topological polar surface area (TPSA) is 24.1 Å². The maximum absolute atomic E-state index is 3.54. The fraction of sp³-hybridized carbons (Fsp3) is 1.00. The second kappa shape index (κ2) is 5.89. The second-order valence-electron chi connectivity index (χ2n) is 4.04. The molecule has 2 nitrogen and oxygen atoms in total. The Bertz CT molecular complexity index is 133. The van der Waals surface area contributed by atoms with Gasteiger partial charge in [-0.3, -0.25) is 0 Å². The normalized spacial score (nSPS) is 28.2. The molecule has 2 N–H and O–H groups in total. The van der Waals surface area contributed by atoms with E-state index in [1.54, 1.807) is 0 Å². The molecule has 0 saturated carbocycles. The minimum absolute atomic E-state index is 0.527. The third kappa shape index (κ3) is 4.34. The monoisotopic (exact) mass is 202 g/mol. The van der Waals surface area contributed by atoms with Crippen LogP contribution in [0.3, 0.4) is 0 Å². The van der Waals surface area contributed by atoms with Crippen molar-refractivity contribution in [2.45, 2.75) is 30.9 Å². The van der Waals surface area contributed by atoms with Crippen molar-refractivity contribution in [3.05, 3.63) is 0 Å². The van der Waals surface area contributed by atoms with Crippen LogP contribution in [0, 0.1) is 0 Å². The summed E-state index contributed by atoms with van der Waals surface area (Å²) in [5, 5.41) is 6.70. The highest BCUT2D eigenvalue weighted by atomic mass is 32.2. The smallest absolute Gasteiger partial charge is 0.0256 e. The average Bonchev–Trinajstić information content (AvgIpc) is 2.53. The van der Waals surface area contributed by atoms with Crippen LogP contribution >= 0.6 is 11.8 Å². The summed E-state index contributed by atoms with van der Waals surface area (Å²) in [7, 11) is 2.01. The lowest BCUT2D eigenvalue weighted by molar-refractivity contribution is 0.526. The second-order valence-corrected chi connectivity index (χ2v) is 5.72. The highest BCUT2D eigenvalue weighted by molar-refractivity contribution is 8.00. The summed E-state index contributed by atoms with van der Waals surface area (Å²) in [6.07, 6.45) is 4.02. The van der Waals surface area contributed by atoms with Crippen LogP contribution in [0.25, 0.3) is 0 Å². The highest BCUT2D eigenvalue weighted by Crippen LogP contribution is 2.36. The maximum atomic E-state index is 3.54. The molecule has 1 aliphatic rings. The molecule has 0 radical (unpaired) electrons. The molecule has 78 valence electrons. The van der Waals surface area contributed by atoms with E-state index in [4.69, 9.17) is 0 Å². The van der Waals surface area contributed by atoms with Crippen molar-refractivity contribution >= 4 is 11.8 Å². The number of hydrogen-bond donors (Lipinski definition) is 2. The summed E-state index contributed by atoms with van der Waals surface area (Å²) >= 11 is 2.13. The predicted octanol–water partition coefficient (Wildman–Crippen LogP) is 1.47. The van der Waals surface area contributed by atoms with Gasteiger partial charge in [0, 0.05) is 11.3 Å². The van der Waals surface area contributed by atoms with E-state index >= 15 is 0 Å². The molecular weight excluding hydrogens is 180 g/mol. The summed E-state index contributed by atoms with van der Waals surface area (Å²) in [6, 6.07) is 0. The third-order valence-electron chi connectivity index (χ3n) is 2.58. The van der Waals surface area contributed by atoms with E-state index in [0.29, 0.717) is 4.75 Å². The summed E-state index contributed by atoms with van der Waals surface area (Å²) in [5.74, 6) is 1.36. The van der Waals surface area contributed by atoms with Crippen LogP contribution < -0.4 is 10.6 Å². The Hall–Kier alpha value is 0.270. The van der Waals surface area contributed by atoms with Gasteiger partial charge < -0.3 is 10.6 Å². The van der Waals surface area contributed by atoms with Gasteiger partial charge in [-0.1, -0.05) is 0 Å². The molecule has 0 aliphatic carbocycles. The molecule has 1 heterocycles. The molecule has 1 aliphatic heterocycles. The van der Waals surface area contributed by atoms with Gasteiger partial charge in [0.05, 0.1) is 0 Å². The summed E-state index contributed by atoms with van der Waals surface area (Å²) in [5.41, 5.74) is 0. The first-order valence-electron chi connectivity index (χ1n) is 5.26. The fourth-order valence-corrected chi connectivity index (χ4v) is 2.99. The van der Waals surface area contributed by atoms with Crippen LogP contribution in [0.1, 0.15) is 26.2 Å². The first-order chi connectivity index (χ1) is 6.27. The molecule has 0 bridgehead atoms. The zero-order valence-electron chi connectivity index (χ0n) is 8.86. The van der Waals surface area contributed by atoms with Gasteiger partial charge in [-0.15, -0.1) is 0 Å². The van der Waals surface area contributed by atoms with Crippen LogP contribution in [0.15, 0.2) is 0 Å². The summed E-state index contributed by atoms with van der Waals surface area (Å²) < 4.78 is 0.527. The van der Waals surface area contributed by atoms with Gasteiger partial charge in [-0.25, -0.2) is 0 Å². The lowest BCUT2D eigenvalue weighted by atomic mass is 10.1. The SMILES string of the molecule is CNCCCNCC1(C)CCCS1. The molecule has 1 atom stereocenters. The van der Waals surface area contributed by atoms with Crippen LogP contribution in [0.5, 0.6) is 0 Å². The van der Waals surface area contributed by atoms with Gasteiger partial charge in [0.2, 0.25) is 0 Å². The lowest BCUT2D eigenvalue weighted by Crippen LogP contribution is -2.34. The Morgan fingerprint density at radius 3 is 2.85 bits per heavy atom. The van der Waals surface area contributed by atoms with Crippen LogP contribution in [-0.4, -0.2) is 37.2 Å². The Labute approximate surface area is 86.2 Å². The molecule has 13 heavy (non-hydrogen) atoms. The van der Waals surface area contributed by atoms with Gasteiger partial charge in [-0.05, 0) is 52.1 Å². The van der Waals surface area contributed by atoms with E-state index in [1.165, 1.54) is 31.6 Å². The van der Waals surface area contributed by atoms with Gasteiger partial charge in [0.1, 0.15) is 0 Å². The minimum atomic E-state index is 0.527. The molecule has 0 spiro atoms. The van der Waals surface area contributed by atoms with Crippen molar-refractivity contribution in [2.24, 2.45) is 0 Å². The first-order valence-corrected chi connectivity index (χ1v) is 6.25. The Morgan fingerprint density at radius 1 is 1.38 bits per heavy atom. The van der Waals surface area contributed by atoms with Gasteiger partial charge >= 0.3 is 0 Å². The molecule has 0 aromatic carbocycles. The van der Waals surface area contributed by atoms with Gasteiger partial charge in [0.25, 0.3) is 0 Å². The molecule has 0 amide bonds. The number of rotatable bonds is 6. The molecule has 1 saturated heterocycles. The fourth-order valence-electron chi connectivity index (χ4n) is 1.72. The average molecular weight is 202 g/mol. The van der Waals surface area contributed by atoms with Crippen molar-refractivity contribution in [3.8, 4) is 0 Å². The van der Waals surface area contributed by atoms with Crippen molar-refractivity contribution in [1.29, 1.82) is 0 Å². The summed E-state index contributed by atoms with van der Waals surface area (Å²) in [6.45, 7) is 5.84. The molecule has 0 aromatic heterocycles. The van der Waals surface area contributed by atoms with E-state index in [1.807, 2.05) is 7.05 Å². The largest absolute Gasteiger partial charge is 0.320 e. The van der Waals surface area contributed by atoms with Crippen molar-refractivity contribution in [1.82, 2.24) is 10.6 Å². The number of thioether (sulfide) groups is 1. The lowest BCUT2D eigenvalue weighted by Gasteiger charge is -2.22. The van der Waals surface area contributed by atoms with Crippen LogP contribution in [0.2, 0.25) is 0 Å². The Balaban J connectivity index is 1.98. The van der Waals surface area contributed by atoms with E-state index < -0.39 is 0 Å². The van der Waals surface area contributed by atoms with E-state index in [-0.39, 0.29) is 0 Å².